The second-order valence-corrected chi connectivity index (χ2v) is 17.4. The molecular weight excluding hydrogens is 913 g/mol. The summed E-state index contributed by atoms with van der Waals surface area (Å²) < 4.78 is 17.8. The van der Waals surface area contributed by atoms with Crippen LogP contribution in [0.4, 0.5) is 5.69 Å². The molecule has 1 unspecified atom stereocenters. The van der Waals surface area contributed by atoms with E-state index >= 15 is 0 Å². The Kier molecular flexibility index (Phi) is 15.3. The number of pyridine rings is 2. The second kappa shape index (κ2) is 21.3. The van der Waals surface area contributed by atoms with E-state index in [1.807, 2.05) is 48.7 Å². The zero-order chi connectivity index (χ0) is 48.8. The van der Waals surface area contributed by atoms with Gasteiger partial charge in [-0.3, -0.25) is 33.2 Å². The Morgan fingerprint density at radius 3 is 2.37 bits per heavy atom. The van der Waals surface area contributed by atoms with Crippen molar-refractivity contribution in [3.8, 4) is 29.1 Å². The van der Waals surface area contributed by atoms with Crippen molar-refractivity contribution in [1.29, 1.82) is 0 Å². The van der Waals surface area contributed by atoms with Crippen molar-refractivity contribution in [1.82, 2.24) is 38.5 Å². The number of likely N-dealkylation sites (tertiary alicyclic amines) is 1. The minimum absolute atomic E-state index is 0.0994. The van der Waals surface area contributed by atoms with Crippen molar-refractivity contribution in [3.05, 3.63) is 126 Å². The molecule has 1 saturated heterocycles. The lowest BCUT2D eigenvalue weighted by atomic mass is 10.1. The number of likely N-dealkylation sites (N-methyl/N-ethyl adjacent to an activating group) is 1. The van der Waals surface area contributed by atoms with Gasteiger partial charge in [0.05, 0.1) is 58.2 Å². The summed E-state index contributed by atoms with van der Waals surface area (Å²) in [6.45, 7) is 5.01. The van der Waals surface area contributed by atoms with Gasteiger partial charge in [-0.15, -0.1) is 0 Å². The number of imidazole rings is 2. The SMILES string of the molecule is CNC(=O)C(CCC=O)n1c(=O)n(C)c2c(C#CCOC3CCN(C(=O)c4cnc(OC)c(-c5nc6c(n5C(C)C)CN(c5cc(Cl)cn(C)c5=O)C6=O)c4)CC3)cccc21.Clc1ccccc1. The first-order valence-electron chi connectivity index (χ1n) is 22.0. The topological polar surface area (TPSA) is 185 Å². The van der Waals surface area contributed by atoms with E-state index in [0.29, 0.717) is 70.2 Å². The van der Waals surface area contributed by atoms with Crippen LogP contribution in [0.2, 0.25) is 10.0 Å². The first kappa shape index (κ1) is 48.9. The van der Waals surface area contributed by atoms with Crippen LogP contribution in [0, 0.1) is 11.8 Å². The Hall–Kier alpha value is -7.00. The van der Waals surface area contributed by atoms with Gasteiger partial charge in [0.2, 0.25) is 11.8 Å². The lowest BCUT2D eigenvalue weighted by molar-refractivity contribution is -0.124. The molecule has 0 radical (unpaired) electrons. The third-order valence-electron chi connectivity index (χ3n) is 11.8. The number of amides is 3. The Balaban J connectivity index is 0.000000896. The molecule has 2 aromatic carbocycles. The molecule has 2 aliphatic heterocycles. The predicted octanol–water partition coefficient (Wildman–Crippen LogP) is 5.98. The number of aromatic nitrogens is 6. The highest BCUT2D eigenvalue weighted by atomic mass is 35.5. The number of piperidine rings is 1. The number of nitrogens with zero attached hydrogens (tertiary/aromatic N) is 8. The molecule has 3 amide bonds. The number of methoxy groups -OCH3 is 1. The van der Waals surface area contributed by atoms with E-state index in [1.165, 1.54) is 51.2 Å². The van der Waals surface area contributed by atoms with E-state index < -0.39 is 11.9 Å². The number of rotatable bonds is 12. The summed E-state index contributed by atoms with van der Waals surface area (Å²) in [5.74, 6) is 5.80. The van der Waals surface area contributed by atoms with E-state index in [9.17, 15) is 28.8 Å². The van der Waals surface area contributed by atoms with Gasteiger partial charge in [-0.05, 0) is 69.5 Å². The minimum atomic E-state index is -0.853. The van der Waals surface area contributed by atoms with Crippen molar-refractivity contribution in [2.24, 2.45) is 14.1 Å². The Labute approximate surface area is 402 Å². The van der Waals surface area contributed by atoms with Gasteiger partial charge in [0, 0.05) is 64.1 Å². The second-order valence-electron chi connectivity index (χ2n) is 16.5. The maximum Gasteiger partial charge on any atom is 0.329 e. The Morgan fingerprint density at radius 2 is 1.72 bits per heavy atom. The van der Waals surface area contributed by atoms with Gasteiger partial charge in [-0.25, -0.2) is 14.8 Å². The van der Waals surface area contributed by atoms with Crippen molar-refractivity contribution in [3.63, 3.8) is 0 Å². The van der Waals surface area contributed by atoms with Crippen LogP contribution in [0.5, 0.6) is 5.88 Å². The highest BCUT2D eigenvalue weighted by Crippen LogP contribution is 2.37. The number of carbonyl (C=O) groups is 4. The minimum Gasteiger partial charge on any atom is -0.480 e. The number of carbonyl (C=O) groups excluding carboxylic acids is 4. The maximum absolute atomic E-state index is 13.9. The van der Waals surface area contributed by atoms with Gasteiger partial charge in [0.15, 0.2) is 5.69 Å². The number of benzene rings is 2. The molecule has 0 bridgehead atoms. The first-order valence-corrected chi connectivity index (χ1v) is 22.7. The first-order chi connectivity index (χ1) is 32.7. The molecule has 1 N–H and O–H groups in total. The van der Waals surface area contributed by atoms with E-state index in [4.69, 9.17) is 37.7 Å². The molecule has 1 fully saturated rings. The standard InChI is InChI=1S/C43H46ClN9O8.C6H5Cl/c1-25(2)52-34-24-51(33-21-28(44)23-48(4)41(33)57)42(58)35(34)47-37(52)30-20-27(22-46-39(30)60-6)40(56)50-16-14-29(15-17-50)61-19-9-11-26-10-7-12-31-36(26)49(5)43(59)53(31)32(13-8-18-54)38(55)45-3;7-6-4-2-1-3-5-6/h7,10,12,18,20-23,25,29,32H,8,13-17,19,24H2,1-6H3,(H,45,55);1-5H. The highest BCUT2D eigenvalue weighted by molar-refractivity contribution is 6.31. The summed E-state index contributed by atoms with van der Waals surface area (Å²) >= 11 is 11.8. The molecule has 6 heterocycles. The van der Waals surface area contributed by atoms with Crippen LogP contribution in [-0.4, -0.2) is 97.1 Å². The van der Waals surface area contributed by atoms with Gasteiger partial charge in [-0.2, -0.15) is 0 Å². The number of halogens is 2. The van der Waals surface area contributed by atoms with Crippen molar-refractivity contribution in [2.45, 2.75) is 64.3 Å². The molecule has 0 aliphatic carbocycles. The van der Waals surface area contributed by atoms with Crippen LogP contribution in [0.25, 0.3) is 22.4 Å². The average Bonchev–Trinajstić information content (AvgIpc) is 3.96. The quantitative estimate of drug-likeness (QED) is 0.113. The summed E-state index contributed by atoms with van der Waals surface area (Å²) in [6.07, 6.45) is 5.01. The zero-order valence-corrected chi connectivity index (χ0v) is 40.0. The monoisotopic (exact) mass is 963 g/mol. The van der Waals surface area contributed by atoms with Crippen LogP contribution in [0.15, 0.2) is 82.6 Å². The Morgan fingerprint density at radius 1 is 0.985 bits per heavy atom. The molecule has 1 atom stereocenters. The number of hydrogen-bond donors (Lipinski definition) is 1. The van der Waals surface area contributed by atoms with Gasteiger partial charge < -0.3 is 33.6 Å². The largest absolute Gasteiger partial charge is 0.480 e. The highest BCUT2D eigenvalue weighted by Gasteiger charge is 2.38. The zero-order valence-electron chi connectivity index (χ0n) is 38.5. The van der Waals surface area contributed by atoms with Crippen LogP contribution in [0.1, 0.15) is 83.7 Å². The molecule has 19 heteroatoms. The van der Waals surface area contributed by atoms with Crippen molar-refractivity contribution >= 4 is 63.9 Å². The third kappa shape index (κ3) is 9.98. The summed E-state index contributed by atoms with van der Waals surface area (Å²) in [5.41, 5.74) is 2.69. The number of aryl methyl sites for hydroxylation is 2. The molecule has 8 rings (SSSR count). The van der Waals surface area contributed by atoms with Crippen molar-refractivity contribution in [2.75, 3.05) is 38.8 Å². The molecule has 68 heavy (non-hydrogen) atoms. The molecule has 354 valence electrons. The molecule has 4 aromatic heterocycles. The smallest absolute Gasteiger partial charge is 0.329 e. The van der Waals surface area contributed by atoms with E-state index in [2.05, 4.69) is 22.1 Å². The summed E-state index contributed by atoms with van der Waals surface area (Å²) in [7, 11) is 6.16. The number of aldehydes is 1. The van der Waals surface area contributed by atoms with Crippen LogP contribution in [-0.2, 0) is 35.0 Å². The molecule has 0 spiro atoms. The van der Waals surface area contributed by atoms with Crippen LogP contribution < -0.4 is 26.2 Å². The summed E-state index contributed by atoms with van der Waals surface area (Å²) in [4.78, 5) is 90.2. The van der Waals surface area contributed by atoms with Crippen molar-refractivity contribution < 1.29 is 28.7 Å². The number of anilines is 1. The van der Waals surface area contributed by atoms with Gasteiger partial charge in [0.1, 0.15) is 30.4 Å². The average molecular weight is 965 g/mol. The number of hydrogen-bond acceptors (Lipinski definition) is 10. The Bertz CT molecular complexity index is 3070. The fraction of sp³-hybridized carbons (Fsp3) is 0.347. The number of fused-ring (bicyclic) bond motifs is 2. The van der Waals surface area contributed by atoms with Crippen LogP contribution >= 0.6 is 23.2 Å². The molecule has 0 saturated carbocycles. The predicted molar refractivity (Wildman–Crippen MR) is 258 cm³/mol. The lowest BCUT2D eigenvalue weighted by Gasteiger charge is -2.31. The molecular formula is C49H51Cl2N9O8. The van der Waals surface area contributed by atoms with Gasteiger partial charge in [-0.1, -0.05) is 59.3 Å². The van der Waals surface area contributed by atoms with Gasteiger partial charge in [0.25, 0.3) is 17.4 Å². The lowest BCUT2D eigenvalue weighted by Crippen LogP contribution is -2.41. The number of ether oxygens (including phenoxy) is 2. The fourth-order valence-electron chi connectivity index (χ4n) is 8.54. The van der Waals surface area contributed by atoms with E-state index in [0.717, 1.165) is 11.3 Å². The summed E-state index contributed by atoms with van der Waals surface area (Å²) in [5, 5.41) is 3.70. The molecule has 17 nitrogen and oxygen atoms in total. The third-order valence-corrected chi connectivity index (χ3v) is 12.3. The maximum atomic E-state index is 13.9. The molecule has 2 aliphatic rings. The number of nitrogens with one attached hydrogen (secondary N) is 1. The summed E-state index contributed by atoms with van der Waals surface area (Å²) in [6, 6.07) is 16.9. The van der Waals surface area contributed by atoms with E-state index in [-0.39, 0.29) is 78.5 Å². The van der Waals surface area contributed by atoms with Crippen LogP contribution in [0.3, 0.4) is 0 Å². The van der Waals surface area contributed by atoms with Gasteiger partial charge >= 0.3 is 5.69 Å². The normalized spacial score (nSPS) is 14.0. The molecule has 6 aromatic rings. The number of para-hydroxylation sites is 1. The fourth-order valence-corrected chi connectivity index (χ4v) is 8.94. The van der Waals surface area contributed by atoms with E-state index in [1.54, 1.807) is 43.3 Å².